The maximum Gasteiger partial charge on any atom is 0.320 e. The van der Waals surface area contributed by atoms with E-state index in [1.165, 1.54) is 6.26 Å². The van der Waals surface area contributed by atoms with Gasteiger partial charge in [-0.05, 0) is 45.3 Å². The molecule has 116 valence electrons. The molecule has 1 N–H and O–H groups in total. The lowest BCUT2D eigenvalue weighted by molar-refractivity contribution is -0.143. The van der Waals surface area contributed by atoms with E-state index in [2.05, 4.69) is 9.80 Å². The predicted octanol–water partition coefficient (Wildman–Crippen LogP) is 0.0444. The summed E-state index contributed by atoms with van der Waals surface area (Å²) in [4.78, 5) is 15.5. The fourth-order valence-corrected chi connectivity index (χ4v) is 3.85. The van der Waals surface area contributed by atoms with E-state index in [1.54, 1.807) is 0 Å². The largest absolute Gasteiger partial charge is 0.480 e. The molecule has 7 heteroatoms. The van der Waals surface area contributed by atoms with Gasteiger partial charge in [-0.25, -0.2) is 8.42 Å². The number of carboxylic acid groups (broad SMARTS) is 1. The lowest BCUT2D eigenvalue weighted by atomic mass is 10.0. The van der Waals surface area contributed by atoms with Crippen LogP contribution in [0.2, 0.25) is 0 Å². The molecule has 20 heavy (non-hydrogen) atoms. The van der Waals surface area contributed by atoms with Gasteiger partial charge in [0.05, 0.1) is 5.75 Å². The molecule has 2 aliphatic rings. The quantitative estimate of drug-likeness (QED) is 0.773. The molecule has 0 bridgehead atoms. The van der Waals surface area contributed by atoms with Crippen molar-refractivity contribution in [2.24, 2.45) is 0 Å². The van der Waals surface area contributed by atoms with E-state index in [9.17, 15) is 18.3 Å². The van der Waals surface area contributed by atoms with E-state index in [-0.39, 0.29) is 11.8 Å². The zero-order valence-electron chi connectivity index (χ0n) is 12.0. The Morgan fingerprint density at radius 3 is 2.40 bits per heavy atom. The SMILES string of the molecule is CS(=O)(=O)CCN1CCC(N2CCCC2C(=O)O)CC1. The van der Waals surface area contributed by atoms with Gasteiger partial charge >= 0.3 is 5.97 Å². The summed E-state index contributed by atoms with van der Waals surface area (Å²) in [5, 5.41) is 9.22. The van der Waals surface area contributed by atoms with Gasteiger partial charge < -0.3 is 10.0 Å². The van der Waals surface area contributed by atoms with E-state index >= 15 is 0 Å². The summed E-state index contributed by atoms with van der Waals surface area (Å²) in [5.41, 5.74) is 0. The standard InChI is InChI=1S/C13H24N2O4S/c1-20(18,19)10-9-14-7-4-11(5-8-14)15-6-2-3-12(15)13(16)17/h11-12H,2-10H2,1H3,(H,16,17). The Bertz CT molecular complexity index is 443. The summed E-state index contributed by atoms with van der Waals surface area (Å²) in [5.74, 6) is -0.499. The Morgan fingerprint density at radius 2 is 1.85 bits per heavy atom. The Hall–Kier alpha value is -0.660. The molecular formula is C13H24N2O4S. The van der Waals surface area contributed by atoms with Crippen molar-refractivity contribution in [3.63, 3.8) is 0 Å². The lowest BCUT2D eigenvalue weighted by Crippen LogP contribution is -2.49. The average molecular weight is 304 g/mol. The van der Waals surface area contributed by atoms with Gasteiger partial charge in [-0.3, -0.25) is 9.69 Å². The van der Waals surface area contributed by atoms with Crippen molar-refractivity contribution in [1.29, 1.82) is 0 Å². The first kappa shape index (κ1) is 15.7. The second-order valence-electron chi connectivity index (χ2n) is 5.94. The Morgan fingerprint density at radius 1 is 1.20 bits per heavy atom. The van der Waals surface area contributed by atoms with Gasteiger partial charge in [-0.15, -0.1) is 0 Å². The number of nitrogens with zero attached hydrogens (tertiary/aromatic N) is 2. The summed E-state index contributed by atoms with van der Waals surface area (Å²) in [6, 6.07) is 0.0238. The summed E-state index contributed by atoms with van der Waals surface area (Å²) < 4.78 is 22.3. The highest BCUT2D eigenvalue weighted by Crippen LogP contribution is 2.26. The number of rotatable bonds is 5. The Balaban J connectivity index is 1.80. The molecule has 0 saturated carbocycles. The second-order valence-corrected chi connectivity index (χ2v) is 8.20. The van der Waals surface area contributed by atoms with Gasteiger partial charge in [-0.2, -0.15) is 0 Å². The van der Waals surface area contributed by atoms with E-state index in [4.69, 9.17) is 0 Å². The number of carboxylic acids is 1. The number of sulfone groups is 1. The molecule has 2 heterocycles. The fourth-order valence-electron chi connectivity index (χ4n) is 3.26. The van der Waals surface area contributed by atoms with Gasteiger partial charge in [0.1, 0.15) is 15.9 Å². The van der Waals surface area contributed by atoms with Crippen LogP contribution in [0.1, 0.15) is 25.7 Å². The second kappa shape index (κ2) is 6.41. The molecule has 2 fully saturated rings. The third-order valence-electron chi connectivity index (χ3n) is 4.38. The van der Waals surface area contributed by atoms with Crippen LogP contribution in [-0.2, 0) is 14.6 Å². The van der Waals surface area contributed by atoms with Crippen LogP contribution < -0.4 is 0 Å². The van der Waals surface area contributed by atoms with E-state index < -0.39 is 15.8 Å². The van der Waals surface area contributed by atoms with Gasteiger partial charge in [0.15, 0.2) is 0 Å². The molecule has 0 spiro atoms. The van der Waals surface area contributed by atoms with E-state index in [1.807, 2.05) is 0 Å². The van der Waals surface area contributed by atoms with Crippen LogP contribution >= 0.6 is 0 Å². The minimum atomic E-state index is -2.90. The topological polar surface area (TPSA) is 77.9 Å². The van der Waals surface area contributed by atoms with Crippen molar-refractivity contribution in [2.75, 3.05) is 38.2 Å². The molecule has 0 amide bonds. The highest BCUT2D eigenvalue weighted by atomic mass is 32.2. The van der Waals surface area contributed by atoms with Crippen molar-refractivity contribution in [3.8, 4) is 0 Å². The predicted molar refractivity (Wildman–Crippen MR) is 76.5 cm³/mol. The smallest absolute Gasteiger partial charge is 0.320 e. The molecule has 1 unspecified atom stereocenters. The number of hydrogen-bond acceptors (Lipinski definition) is 5. The van der Waals surface area contributed by atoms with Gasteiger partial charge in [0.25, 0.3) is 0 Å². The lowest BCUT2D eigenvalue weighted by Gasteiger charge is -2.38. The number of hydrogen-bond donors (Lipinski definition) is 1. The Labute approximate surface area is 120 Å². The maximum atomic E-state index is 11.2. The first-order chi connectivity index (χ1) is 9.37. The minimum Gasteiger partial charge on any atom is -0.480 e. The van der Waals surface area contributed by atoms with Crippen LogP contribution in [0.3, 0.4) is 0 Å². The average Bonchev–Trinajstić information content (AvgIpc) is 2.85. The first-order valence-electron chi connectivity index (χ1n) is 7.25. The fraction of sp³-hybridized carbons (Fsp3) is 0.923. The normalized spacial score (nSPS) is 26.9. The summed E-state index contributed by atoms with van der Waals surface area (Å²) in [6.07, 6.45) is 4.86. The molecule has 0 aliphatic carbocycles. The number of carbonyl (C=O) groups is 1. The van der Waals surface area contributed by atoms with Gasteiger partial charge in [0, 0.05) is 18.8 Å². The van der Waals surface area contributed by atoms with Crippen molar-refractivity contribution in [2.45, 2.75) is 37.8 Å². The zero-order valence-corrected chi connectivity index (χ0v) is 12.8. The monoisotopic (exact) mass is 304 g/mol. The molecule has 0 radical (unpaired) electrons. The number of aliphatic carboxylic acids is 1. The van der Waals surface area contributed by atoms with Gasteiger partial charge in [-0.1, -0.05) is 0 Å². The Kier molecular flexibility index (Phi) is 5.04. The third kappa shape index (κ3) is 4.17. The summed E-state index contributed by atoms with van der Waals surface area (Å²) in [7, 11) is -2.90. The van der Waals surface area contributed by atoms with Gasteiger partial charge in [0.2, 0.25) is 0 Å². The van der Waals surface area contributed by atoms with Crippen LogP contribution in [0, 0.1) is 0 Å². The van der Waals surface area contributed by atoms with Crippen LogP contribution in [0.5, 0.6) is 0 Å². The van der Waals surface area contributed by atoms with Crippen molar-refractivity contribution in [3.05, 3.63) is 0 Å². The molecule has 0 aromatic heterocycles. The summed E-state index contributed by atoms with van der Waals surface area (Å²) in [6.45, 7) is 3.20. The number of piperidine rings is 1. The third-order valence-corrected chi connectivity index (χ3v) is 5.31. The molecule has 0 aromatic carbocycles. The van der Waals surface area contributed by atoms with Crippen molar-refractivity contribution in [1.82, 2.24) is 9.80 Å². The molecule has 2 saturated heterocycles. The van der Waals surface area contributed by atoms with Crippen molar-refractivity contribution < 1.29 is 18.3 Å². The van der Waals surface area contributed by atoms with Crippen molar-refractivity contribution >= 4 is 15.8 Å². The first-order valence-corrected chi connectivity index (χ1v) is 9.31. The maximum absolute atomic E-state index is 11.2. The van der Waals surface area contributed by atoms with Crippen LogP contribution in [0.25, 0.3) is 0 Å². The highest BCUT2D eigenvalue weighted by Gasteiger charge is 2.36. The van der Waals surface area contributed by atoms with Crippen LogP contribution in [0.4, 0.5) is 0 Å². The molecule has 2 aliphatic heterocycles. The van der Waals surface area contributed by atoms with Crippen LogP contribution in [0.15, 0.2) is 0 Å². The number of likely N-dealkylation sites (tertiary alicyclic amines) is 2. The van der Waals surface area contributed by atoms with Crippen LogP contribution in [-0.4, -0.2) is 79.6 Å². The minimum absolute atomic E-state index is 0.207. The summed E-state index contributed by atoms with van der Waals surface area (Å²) >= 11 is 0. The van der Waals surface area contributed by atoms with E-state index in [0.717, 1.165) is 45.3 Å². The molecular weight excluding hydrogens is 280 g/mol. The zero-order chi connectivity index (χ0) is 14.8. The van der Waals surface area contributed by atoms with E-state index in [0.29, 0.717) is 12.6 Å². The molecule has 0 aromatic rings. The molecule has 6 nitrogen and oxygen atoms in total. The molecule has 2 rings (SSSR count). The highest BCUT2D eigenvalue weighted by molar-refractivity contribution is 7.90. The molecule has 1 atom stereocenters.